The van der Waals surface area contributed by atoms with Crippen LogP contribution in [0.15, 0.2) is 52.9 Å². The van der Waals surface area contributed by atoms with Crippen molar-refractivity contribution < 1.29 is 28.0 Å². The SMILES string of the molecule is CCO[C@]1(C)C[C@H](NC(=O)NS2(=O)=NC(=O)c3ccc4c(c3)N(Cc3ccc(Cl)cc3CCCCO4)C[C@@H]3CC[C@H]3[C@@H](OC)/C=C/C[C@H](C)C2)C1. The van der Waals surface area contributed by atoms with Crippen LogP contribution in [0.3, 0.4) is 0 Å². The molecular weight excluding hydrogens is 688 g/mol. The van der Waals surface area contributed by atoms with Crippen molar-refractivity contribution in [3.63, 3.8) is 0 Å². The minimum atomic E-state index is -3.51. The molecule has 2 aromatic carbocycles. The highest BCUT2D eigenvalue weighted by molar-refractivity contribution is 7.92. The van der Waals surface area contributed by atoms with Crippen molar-refractivity contribution >= 4 is 39.1 Å². The van der Waals surface area contributed by atoms with E-state index in [1.807, 2.05) is 39.0 Å². The summed E-state index contributed by atoms with van der Waals surface area (Å²) in [5.74, 6) is 0.617. The lowest BCUT2D eigenvalue weighted by atomic mass is 9.70. The first-order chi connectivity index (χ1) is 24.5. The van der Waals surface area contributed by atoms with Gasteiger partial charge in [-0.3, -0.25) is 9.52 Å². The second-order valence-electron chi connectivity index (χ2n) is 15.0. The number of nitrogens with zero attached hydrogens (tertiary/aromatic N) is 2. The number of aryl methyl sites for hydroxylation is 1. The van der Waals surface area contributed by atoms with Crippen molar-refractivity contribution in [1.29, 1.82) is 0 Å². The normalized spacial score (nSPS) is 31.9. The van der Waals surface area contributed by atoms with Crippen molar-refractivity contribution in [3.05, 3.63) is 70.3 Å². The van der Waals surface area contributed by atoms with Gasteiger partial charge in [0, 0.05) is 43.4 Å². The molecule has 0 radical (unpaired) electrons. The molecule has 12 heteroatoms. The summed E-state index contributed by atoms with van der Waals surface area (Å²) in [6, 6.07) is 10.7. The molecule has 6 rings (SSSR count). The van der Waals surface area contributed by atoms with E-state index < -0.39 is 21.9 Å². The Hall–Kier alpha value is -3.12. The first-order valence-corrected chi connectivity index (χ1v) is 20.5. The third-order valence-electron chi connectivity index (χ3n) is 10.8. The summed E-state index contributed by atoms with van der Waals surface area (Å²) in [6.45, 7) is 8.40. The Kier molecular flexibility index (Phi) is 12.0. The van der Waals surface area contributed by atoms with E-state index in [1.165, 1.54) is 11.1 Å². The van der Waals surface area contributed by atoms with Crippen molar-refractivity contribution in [2.24, 2.45) is 22.1 Å². The van der Waals surface area contributed by atoms with Crippen molar-refractivity contribution in [2.75, 3.05) is 37.5 Å². The number of ether oxygens (including phenoxy) is 3. The highest BCUT2D eigenvalue weighted by Gasteiger charge is 2.42. The van der Waals surface area contributed by atoms with Crippen molar-refractivity contribution in [2.45, 2.75) is 96.4 Å². The minimum Gasteiger partial charge on any atom is -0.491 e. The predicted molar refractivity (Wildman–Crippen MR) is 202 cm³/mol. The minimum absolute atomic E-state index is 0.0149. The lowest BCUT2D eigenvalue weighted by molar-refractivity contribution is -0.0940. The molecule has 3 amide bonds. The number of amides is 3. The monoisotopic (exact) mass is 740 g/mol. The van der Waals surface area contributed by atoms with Gasteiger partial charge in [-0.05, 0) is 124 Å². The summed E-state index contributed by atoms with van der Waals surface area (Å²) in [5.41, 5.74) is 3.18. The van der Waals surface area contributed by atoms with Gasteiger partial charge in [0.2, 0.25) is 0 Å². The van der Waals surface area contributed by atoms with Crippen LogP contribution in [0.25, 0.3) is 0 Å². The van der Waals surface area contributed by atoms with Gasteiger partial charge in [-0.25, -0.2) is 9.00 Å². The molecule has 10 nitrogen and oxygen atoms in total. The topological polar surface area (TPSA) is 119 Å². The first-order valence-electron chi connectivity index (χ1n) is 18.5. The fourth-order valence-electron chi connectivity index (χ4n) is 8.09. The molecule has 0 saturated heterocycles. The Morgan fingerprint density at radius 1 is 1.16 bits per heavy atom. The number of benzene rings is 2. The molecule has 1 unspecified atom stereocenters. The number of methoxy groups -OCH3 is 1. The van der Waals surface area contributed by atoms with Gasteiger partial charge in [0.1, 0.15) is 15.7 Å². The number of hydrogen-bond donors (Lipinski definition) is 2. The fourth-order valence-corrected chi connectivity index (χ4v) is 10.1. The zero-order valence-electron chi connectivity index (χ0n) is 30.3. The molecule has 0 aromatic heterocycles. The largest absolute Gasteiger partial charge is 0.491 e. The van der Waals surface area contributed by atoms with Crippen LogP contribution in [0.2, 0.25) is 5.02 Å². The molecule has 5 atom stereocenters. The molecule has 2 aliphatic heterocycles. The van der Waals surface area contributed by atoms with Gasteiger partial charge in [0.25, 0.3) is 5.91 Å². The van der Waals surface area contributed by atoms with Crippen LogP contribution in [0, 0.1) is 17.8 Å². The Morgan fingerprint density at radius 3 is 2.73 bits per heavy atom. The van der Waals surface area contributed by atoms with Crippen LogP contribution < -0.4 is 19.7 Å². The Morgan fingerprint density at radius 2 is 1.98 bits per heavy atom. The average Bonchev–Trinajstić information content (AvgIpc) is 3.07. The number of carbonyl (C=O) groups is 2. The van der Waals surface area contributed by atoms with Crippen LogP contribution in [-0.2, 0) is 32.4 Å². The summed E-state index contributed by atoms with van der Waals surface area (Å²) < 4.78 is 39.6. The van der Waals surface area contributed by atoms with E-state index in [2.05, 4.69) is 43.6 Å². The van der Waals surface area contributed by atoms with E-state index in [-0.39, 0.29) is 35.0 Å². The molecule has 0 spiro atoms. The average molecular weight is 741 g/mol. The van der Waals surface area contributed by atoms with Gasteiger partial charge in [-0.1, -0.05) is 36.7 Å². The lowest BCUT2D eigenvalue weighted by Crippen LogP contribution is -2.57. The number of urea groups is 1. The van der Waals surface area contributed by atoms with Crippen LogP contribution in [0.4, 0.5) is 10.5 Å². The van der Waals surface area contributed by atoms with E-state index in [9.17, 15) is 13.8 Å². The maximum Gasteiger partial charge on any atom is 0.327 e. The third kappa shape index (κ3) is 9.28. The number of allylic oxidation sites excluding steroid dienone is 1. The quantitative estimate of drug-likeness (QED) is 0.305. The van der Waals surface area contributed by atoms with E-state index >= 15 is 0 Å². The van der Waals surface area contributed by atoms with E-state index in [1.54, 1.807) is 13.2 Å². The highest BCUT2D eigenvalue weighted by Crippen LogP contribution is 2.42. The highest BCUT2D eigenvalue weighted by atomic mass is 35.5. The summed E-state index contributed by atoms with van der Waals surface area (Å²) in [7, 11) is -1.75. The Bertz CT molecular complexity index is 1740. The van der Waals surface area contributed by atoms with Crippen molar-refractivity contribution in [3.8, 4) is 5.75 Å². The van der Waals surface area contributed by atoms with Gasteiger partial charge in [0.15, 0.2) is 0 Å². The summed E-state index contributed by atoms with van der Waals surface area (Å²) in [6.07, 6.45) is 10.9. The number of carbonyl (C=O) groups excluding carboxylic acids is 2. The zero-order chi connectivity index (χ0) is 36.2. The maximum atomic E-state index is 14.5. The summed E-state index contributed by atoms with van der Waals surface area (Å²) >= 11 is 6.47. The number of nitrogens with one attached hydrogen (secondary N) is 2. The van der Waals surface area contributed by atoms with E-state index in [4.69, 9.17) is 25.8 Å². The van der Waals surface area contributed by atoms with Crippen LogP contribution in [0.1, 0.15) is 87.2 Å². The Balaban J connectivity index is 1.37. The zero-order valence-corrected chi connectivity index (χ0v) is 31.9. The number of fused-ring (bicyclic) bond motifs is 3. The van der Waals surface area contributed by atoms with Crippen LogP contribution in [0.5, 0.6) is 5.75 Å². The molecule has 2 aliphatic carbocycles. The molecule has 51 heavy (non-hydrogen) atoms. The number of hydrogen-bond acceptors (Lipinski definition) is 7. The molecule has 2 saturated carbocycles. The third-order valence-corrected chi connectivity index (χ3v) is 13.1. The molecule has 2 bridgehead atoms. The number of halogens is 1. The molecule has 2 N–H and O–H groups in total. The molecule has 278 valence electrons. The van der Waals surface area contributed by atoms with Gasteiger partial charge >= 0.3 is 6.03 Å². The van der Waals surface area contributed by atoms with Crippen LogP contribution in [-0.4, -0.2) is 66.5 Å². The first kappa shape index (κ1) is 37.6. The molecule has 2 aromatic rings. The van der Waals surface area contributed by atoms with Gasteiger partial charge in [-0.15, -0.1) is 4.36 Å². The second-order valence-corrected chi connectivity index (χ2v) is 17.5. The van der Waals surface area contributed by atoms with Gasteiger partial charge < -0.3 is 24.4 Å². The summed E-state index contributed by atoms with van der Waals surface area (Å²) in [4.78, 5) is 29.5. The van der Waals surface area contributed by atoms with E-state index in [0.29, 0.717) is 61.6 Å². The molecular formula is C39H53ClN4O6S. The van der Waals surface area contributed by atoms with Crippen molar-refractivity contribution in [1.82, 2.24) is 10.0 Å². The van der Waals surface area contributed by atoms with E-state index in [0.717, 1.165) is 44.3 Å². The second kappa shape index (κ2) is 16.3. The fraction of sp³-hybridized carbons (Fsp3) is 0.590. The number of rotatable bonds is 5. The molecule has 2 fully saturated rings. The summed E-state index contributed by atoms with van der Waals surface area (Å²) in [5, 5.41) is 3.63. The van der Waals surface area contributed by atoms with Crippen LogP contribution >= 0.6 is 11.6 Å². The van der Waals surface area contributed by atoms with Gasteiger partial charge in [0.05, 0.1) is 29.8 Å². The predicted octanol–water partition coefficient (Wildman–Crippen LogP) is 7.48. The van der Waals surface area contributed by atoms with Gasteiger partial charge in [-0.2, -0.15) is 0 Å². The standard InChI is InChI=1S/C39H53ClN4O6S/c1-5-50-39(3)21-32(22-39)41-38(46)43-51(47)25-26(2)9-8-11-35(48-4)33-16-13-30(33)24-44-23-29-12-15-31(40)19-27(29)10-6-7-18-49-36-17-14-28(20-34(36)44)37(45)42-51/h8,11-12,14-15,17,19-20,26,30,32-33,35H,5-7,9-10,13,16,18,21-25H2,1-4H3,(H2,41,42,43,45,46,47)/b11-8+/t26-,30-,32-,33+,35-,39+,51?/m0/s1. The molecule has 2 heterocycles. The maximum absolute atomic E-state index is 14.5. The molecule has 4 aliphatic rings. The number of anilines is 1. The smallest absolute Gasteiger partial charge is 0.327 e. The lowest BCUT2D eigenvalue weighted by Gasteiger charge is -2.44. The Labute approximate surface area is 308 Å².